The number of ether oxygens (including phenoxy) is 1. The van der Waals surface area contributed by atoms with Gasteiger partial charge in [-0.25, -0.2) is 9.97 Å². The van der Waals surface area contributed by atoms with Gasteiger partial charge in [-0.3, -0.25) is 9.78 Å². The first-order valence-corrected chi connectivity index (χ1v) is 11.2. The van der Waals surface area contributed by atoms with E-state index in [1.165, 1.54) is 0 Å². The highest BCUT2D eigenvalue weighted by molar-refractivity contribution is 5.78. The second-order valence-corrected chi connectivity index (χ2v) is 9.26. The van der Waals surface area contributed by atoms with E-state index in [1.54, 1.807) is 12.4 Å². The molecule has 0 radical (unpaired) electrons. The summed E-state index contributed by atoms with van der Waals surface area (Å²) >= 11 is 0. The smallest absolute Gasteiger partial charge is 0.260 e. The van der Waals surface area contributed by atoms with Gasteiger partial charge in [-0.2, -0.15) is 0 Å². The third kappa shape index (κ3) is 5.13. The van der Waals surface area contributed by atoms with E-state index < -0.39 is 0 Å². The molecule has 1 aromatic carbocycles. The van der Waals surface area contributed by atoms with Gasteiger partial charge in [0, 0.05) is 48.6 Å². The molecule has 166 valence electrons. The number of pyridine rings is 1. The van der Waals surface area contributed by atoms with E-state index in [0.29, 0.717) is 12.3 Å². The topological polar surface area (TPSA) is 68.2 Å². The second-order valence-electron chi connectivity index (χ2n) is 9.26. The molecule has 3 aromatic rings. The van der Waals surface area contributed by atoms with Gasteiger partial charge in [-0.05, 0) is 42.7 Å². The van der Waals surface area contributed by atoms with Gasteiger partial charge in [0.05, 0.1) is 5.69 Å². The van der Waals surface area contributed by atoms with E-state index in [4.69, 9.17) is 9.72 Å². The molecule has 1 unspecified atom stereocenters. The monoisotopic (exact) mass is 430 g/mol. The molecule has 6 nitrogen and oxygen atoms in total. The molecule has 1 amide bonds. The first-order valence-electron chi connectivity index (χ1n) is 11.2. The molecule has 0 bridgehead atoms. The van der Waals surface area contributed by atoms with E-state index in [-0.39, 0.29) is 23.8 Å². The fourth-order valence-corrected chi connectivity index (χ4v) is 4.00. The van der Waals surface area contributed by atoms with Gasteiger partial charge >= 0.3 is 0 Å². The number of aromatic nitrogens is 3. The number of nitrogens with zero attached hydrogens (tertiary/aromatic N) is 4. The zero-order chi connectivity index (χ0) is 22.6. The Morgan fingerprint density at radius 3 is 2.59 bits per heavy atom. The quantitative estimate of drug-likeness (QED) is 0.591. The fourth-order valence-electron chi connectivity index (χ4n) is 4.00. The summed E-state index contributed by atoms with van der Waals surface area (Å²) in [5, 5.41) is 0. The maximum atomic E-state index is 12.9. The van der Waals surface area contributed by atoms with Crippen molar-refractivity contribution in [3.05, 3.63) is 72.6 Å². The number of carbonyl (C=O) groups is 1. The van der Waals surface area contributed by atoms with E-state index >= 15 is 0 Å². The van der Waals surface area contributed by atoms with Crippen molar-refractivity contribution in [2.45, 2.75) is 44.9 Å². The summed E-state index contributed by atoms with van der Waals surface area (Å²) in [7, 11) is 0. The molecule has 0 aliphatic carbocycles. The van der Waals surface area contributed by atoms with Gasteiger partial charge in [0.15, 0.2) is 6.61 Å². The van der Waals surface area contributed by atoms with Crippen molar-refractivity contribution in [2.24, 2.45) is 0 Å². The van der Waals surface area contributed by atoms with Crippen LogP contribution >= 0.6 is 0 Å². The molecule has 32 heavy (non-hydrogen) atoms. The lowest BCUT2D eigenvalue weighted by atomic mass is 9.88. The van der Waals surface area contributed by atoms with Crippen molar-refractivity contribution >= 4 is 5.91 Å². The van der Waals surface area contributed by atoms with Crippen molar-refractivity contribution in [1.29, 1.82) is 0 Å². The van der Waals surface area contributed by atoms with Crippen molar-refractivity contribution in [3.8, 4) is 16.9 Å². The van der Waals surface area contributed by atoms with Gasteiger partial charge in [-0.15, -0.1) is 0 Å². The highest BCUT2D eigenvalue weighted by atomic mass is 16.5. The molecule has 1 fully saturated rings. The van der Waals surface area contributed by atoms with Crippen LogP contribution in [0.3, 0.4) is 0 Å². The molecule has 1 atom stereocenters. The molecule has 6 heteroatoms. The Morgan fingerprint density at radius 1 is 1.12 bits per heavy atom. The molecule has 0 saturated carbocycles. The van der Waals surface area contributed by atoms with Gasteiger partial charge in [-0.1, -0.05) is 39.0 Å². The maximum absolute atomic E-state index is 12.9. The molecule has 1 aliphatic rings. The van der Waals surface area contributed by atoms with Crippen LogP contribution in [0.5, 0.6) is 5.75 Å². The lowest BCUT2D eigenvalue weighted by Gasteiger charge is -2.33. The van der Waals surface area contributed by atoms with Crippen LogP contribution in [-0.4, -0.2) is 45.5 Å². The van der Waals surface area contributed by atoms with E-state index in [0.717, 1.165) is 42.0 Å². The van der Waals surface area contributed by atoms with Crippen LogP contribution in [0.1, 0.15) is 51.0 Å². The Morgan fingerprint density at radius 2 is 1.88 bits per heavy atom. The number of piperidine rings is 1. The SMILES string of the molecule is CC(C)(C)c1ncc(-c2ccncc2)c(C2CCCN(C(=O)COc3ccccc3)C2)n1. The van der Waals surface area contributed by atoms with E-state index in [9.17, 15) is 4.79 Å². The highest BCUT2D eigenvalue weighted by Crippen LogP contribution is 2.34. The van der Waals surface area contributed by atoms with Crippen LogP contribution < -0.4 is 4.74 Å². The molecule has 4 rings (SSSR count). The number of rotatable bonds is 5. The average molecular weight is 431 g/mol. The summed E-state index contributed by atoms with van der Waals surface area (Å²) in [5.74, 6) is 1.69. The fraction of sp³-hybridized carbons (Fsp3) is 0.385. The van der Waals surface area contributed by atoms with Gasteiger partial charge in [0.25, 0.3) is 5.91 Å². The van der Waals surface area contributed by atoms with Crippen molar-refractivity contribution in [3.63, 3.8) is 0 Å². The number of likely N-dealkylation sites (tertiary alicyclic amines) is 1. The number of amides is 1. The van der Waals surface area contributed by atoms with Gasteiger partial charge in [0.1, 0.15) is 11.6 Å². The molecular formula is C26H30N4O2. The summed E-state index contributed by atoms with van der Waals surface area (Å²) in [6, 6.07) is 13.4. The lowest BCUT2D eigenvalue weighted by Crippen LogP contribution is -2.42. The summed E-state index contributed by atoms with van der Waals surface area (Å²) in [6.07, 6.45) is 7.43. The van der Waals surface area contributed by atoms with Crippen LogP contribution in [-0.2, 0) is 10.2 Å². The number of benzene rings is 1. The maximum Gasteiger partial charge on any atom is 0.260 e. The lowest BCUT2D eigenvalue weighted by molar-refractivity contribution is -0.134. The van der Waals surface area contributed by atoms with Crippen molar-refractivity contribution < 1.29 is 9.53 Å². The zero-order valence-corrected chi connectivity index (χ0v) is 19.0. The summed E-state index contributed by atoms with van der Waals surface area (Å²) in [5.41, 5.74) is 2.92. The van der Waals surface area contributed by atoms with Gasteiger partial charge < -0.3 is 9.64 Å². The molecular weight excluding hydrogens is 400 g/mol. The summed E-state index contributed by atoms with van der Waals surface area (Å²) in [4.78, 5) is 28.6. The first-order chi connectivity index (χ1) is 15.4. The molecule has 3 heterocycles. The molecule has 2 aromatic heterocycles. The van der Waals surface area contributed by atoms with Crippen molar-refractivity contribution in [1.82, 2.24) is 19.9 Å². The zero-order valence-electron chi connectivity index (χ0n) is 19.0. The second kappa shape index (κ2) is 9.47. The Balaban J connectivity index is 1.57. The minimum atomic E-state index is -0.154. The summed E-state index contributed by atoms with van der Waals surface area (Å²) in [6.45, 7) is 7.79. The summed E-state index contributed by atoms with van der Waals surface area (Å²) < 4.78 is 5.70. The predicted molar refractivity (Wildman–Crippen MR) is 124 cm³/mol. The molecule has 1 aliphatic heterocycles. The van der Waals surface area contributed by atoms with Crippen LogP contribution in [0.4, 0.5) is 0 Å². The van der Waals surface area contributed by atoms with E-state index in [2.05, 4.69) is 30.7 Å². The minimum Gasteiger partial charge on any atom is -0.484 e. The number of para-hydroxylation sites is 1. The first kappa shape index (κ1) is 21.9. The van der Waals surface area contributed by atoms with Crippen molar-refractivity contribution in [2.75, 3.05) is 19.7 Å². The predicted octanol–water partition coefficient (Wildman–Crippen LogP) is 4.62. The number of carbonyl (C=O) groups excluding carboxylic acids is 1. The third-order valence-corrected chi connectivity index (χ3v) is 5.75. The van der Waals surface area contributed by atoms with E-state index in [1.807, 2.05) is 53.6 Å². The van der Waals surface area contributed by atoms with Crippen LogP contribution in [0.25, 0.3) is 11.1 Å². The molecule has 0 spiro atoms. The Hall–Kier alpha value is -3.28. The van der Waals surface area contributed by atoms with Crippen LogP contribution in [0, 0.1) is 0 Å². The largest absolute Gasteiger partial charge is 0.484 e. The molecule has 0 N–H and O–H groups in total. The number of hydrogen-bond donors (Lipinski definition) is 0. The highest BCUT2D eigenvalue weighted by Gasteiger charge is 2.29. The average Bonchev–Trinajstić information content (AvgIpc) is 2.83. The normalized spacial score (nSPS) is 16.6. The third-order valence-electron chi connectivity index (χ3n) is 5.75. The number of hydrogen-bond acceptors (Lipinski definition) is 5. The Labute approximate surface area is 189 Å². The van der Waals surface area contributed by atoms with Crippen LogP contribution in [0.15, 0.2) is 61.1 Å². The minimum absolute atomic E-state index is 0.00844. The van der Waals surface area contributed by atoms with Crippen LogP contribution in [0.2, 0.25) is 0 Å². The standard InChI is InChI=1S/C26H30N4O2/c1-26(2,3)25-28-16-22(19-11-13-27-14-12-19)24(29-25)20-8-7-15-30(17-20)23(31)18-32-21-9-5-4-6-10-21/h4-6,9-14,16,20H,7-8,15,17-18H2,1-3H3. The Bertz CT molecular complexity index is 1050. The molecule has 1 saturated heterocycles. The van der Waals surface area contributed by atoms with Gasteiger partial charge in [0.2, 0.25) is 0 Å². The Kier molecular flexibility index (Phi) is 6.49.